The molecule has 0 saturated carbocycles. The number of nitrogens with zero attached hydrogens (tertiary/aromatic N) is 1. The molecule has 0 aliphatic heterocycles. The lowest BCUT2D eigenvalue weighted by Crippen LogP contribution is -2.36. The van der Waals surface area contributed by atoms with Crippen molar-refractivity contribution in [1.29, 1.82) is 0 Å². The van der Waals surface area contributed by atoms with Crippen LogP contribution in [-0.2, 0) is 4.57 Å². The summed E-state index contributed by atoms with van der Waals surface area (Å²) in [4.78, 5) is 8.45. The third kappa shape index (κ3) is 8.15. The Morgan fingerprint density at radius 2 is 1.89 bits per heavy atom. The van der Waals surface area contributed by atoms with Gasteiger partial charge >= 0.3 is 0 Å². The second-order valence-corrected chi connectivity index (χ2v) is 4.45. The molecular formula is C5H15NO2P+. The molecule has 1 N–H and O–H groups in total. The Morgan fingerprint density at radius 3 is 2.00 bits per heavy atom. The molecule has 9 heavy (non-hydrogen) atoms. The second kappa shape index (κ2) is 3.35. The normalized spacial score (nSPS) is 15.6. The highest BCUT2D eigenvalue weighted by Gasteiger charge is 2.07. The second-order valence-electron chi connectivity index (χ2n) is 3.16. The highest BCUT2D eigenvalue weighted by Crippen LogP contribution is 2.12. The Bertz CT molecular complexity index is 108. The molecule has 3 nitrogen and oxygen atoms in total. The fourth-order valence-corrected chi connectivity index (χ4v) is 1.29. The molecule has 0 aromatic heterocycles. The van der Waals surface area contributed by atoms with Crippen molar-refractivity contribution >= 4 is 8.03 Å². The number of rotatable bonds is 3. The van der Waals surface area contributed by atoms with Crippen molar-refractivity contribution in [1.82, 2.24) is 0 Å². The van der Waals surface area contributed by atoms with E-state index in [1.54, 1.807) is 0 Å². The van der Waals surface area contributed by atoms with Crippen LogP contribution in [0.25, 0.3) is 0 Å². The number of quaternary nitrogens is 1. The molecule has 0 aromatic carbocycles. The van der Waals surface area contributed by atoms with Crippen molar-refractivity contribution in [2.45, 2.75) is 0 Å². The van der Waals surface area contributed by atoms with Gasteiger partial charge in [0, 0.05) is 0 Å². The van der Waals surface area contributed by atoms with Crippen LogP contribution >= 0.6 is 8.03 Å². The zero-order valence-electron chi connectivity index (χ0n) is 6.22. The van der Waals surface area contributed by atoms with E-state index in [-0.39, 0.29) is 0 Å². The monoisotopic (exact) mass is 152 g/mol. The van der Waals surface area contributed by atoms with Gasteiger partial charge in [-0.15, -0.1) is 0 Å². The largest absolute Gasteiger partial charge is 0.346 e. The smallest absolute Gasteiger partial charge is 0.194 e. The van der Waals surface area contributed by atoms with Crippen molar-refractivity contribution < 1.29 is 13.9 Å². The van der Waals surface area contributed by atoms with Gasteiger partial charge in [-0.2, -0.15) is 0 Å². The molecular weight excluding hydrogens is 137 g/mol. The van der Waals surface area contributed by atoms with Gasteiger partial charge in [0.05, 0.1) is 33.8 Å². The van der Waals surface area contributed by atoms with Crippen LogP contribution in [0.5, 0.6) is 0 Å². The summed E-state index contributed by atoms with van der Waals surface area (Å²) in [6.07, 6.45) is 0.439. The average molecular weight is 152 g/mol. The lowest BCUT2D eigenvalue weighted by atomic mass is 10.6. The van der Waals surface area contributed by atoms with Gasteiger partial charge in [-0.3, -0.25) is 4.57 Å². The minimum atomic E-state index is -2.23. The van der Waals surface area contributed by atoms with Crippen LogP contribution in [-0.4, -0.2) is 43.2 Å². The van der Waals surface area contributed by atoms with E-state index >= 15 is 0 Å². The summed E-state index contributed by atoms with van der Waals surface area (Å²) in [7, 11) is 3.78. The van der Waals surface area contributed by atoms with Gasteiger partial charge in [0.25, 0.3) is 0 Å². The first-order valence-electron chi connectivity index (χ1n) is 2.94. The quantitative estimate of drug-likeness (QED) is 0.462. The first kappa shape index (κ1) is 9.15. The van der Waals surface area contributed by atoms with Crippen molar-refractivity contribution in [2.75, 3.05) is 33.8 Å². The highest BCUT2D eigenvalue weighted by molar-refractivity contribution is 7.38. The molecule has 0 rings (SSSR count). The van der Waals surface area contributed by atoms with Crippen LogP contribution < -0.4 is 0 Å². The molecule has 0 aromatic rings. The molecule has 0 aliphatic rings. The molecule has 0 aliphatic carbocycles. The molecule has 0 fully saturated rings. The molecule has 0 heterocycles. The summed E-state index contributed by atoms with van der Waals surface area (Å²) in [6.45, 7) is 0.772. The zero-order chi connectivity index (χ0) is 7.49. The maximum absolute atomic E-state index is 10.2. The van der Waals surface area contributed by atoms with Gasteiger partial charge in [0.1, 0.15) is 0 Å². The van der Waals surface area contributed by atoms with E-state index in [1.807, 2.05) is 21.1 Å². The summed E-state index contributed by atoms with van der Waals surface area (Å²) < 4.78 is 11.0. The van der Waals surface area contributed by atoms with Crippen molar-refractivity contribution in [3.05, 3.63) is 0 Å². The van der Waals surface area contributed by atoms with Crippen LogP contribution in [0.1, 0.15) is 0 Å². The Kier molecular flexibility index (Phi) is 3.41. The molecule has 1 atom stereocenters. The van der Waals surface area contributed by atoms with E-state index < -0.39 is 8.03 Å². The minimum Gasteiger partial charge on any atom is -0.346 e. The Hall–Kier alpha value is 0.150. The molecule has 0 radical (unpaired) electrons. The van der Waals surface area contributed by atoms with Gasteiger partial charge in [-0.25, -0.2) is 0 Å². The number of hydrogen-bond acceptors (Lipinski definition) is 1. The summed E-state index contributed by atoms with van der Waals surface area (Å²) in [6, 6.07) is 0. The lowest BCUT2D eigenvalue weighted by Gasteiger charge is -2.22. The van der Waals surface area contributed by atoms with Crippen LogP contribution in [0, 0.1) is 0 Å². The summed E-state index contributed by atoms with van der Waals surface area (Å²) >= 11 is 0. The fraction of sp³-hybridized carbons (Fsp3) is 1.00. The average Bonchev–Trinajstić information content (AvgIpc) is 1.59. The fourth-order valence-electron chi connectivity index (χ4n) is 0.431. The minimum absolute atomic E-state index is 0.439. The first-order chi connectivity index (χ1) is 3.92. The molecule has 0 saturated heterocycles. The summed E-state index contributed by atoms with van der Waals surface area (Å²) in [5.74, 6) is 0. The third-order valence-corrected chi connectivity index (χ3v) is 1.65. The van der Waals surface area contributed by atoms with E-state index in [9.17, 15) is 4.57 Å². The van der Waals surface area contributed by atoms with Crippen molar-refractivity contribution in [2.24, 2.45) is 0 Å². The van der Waals surface area contributed by atoms with Gasteiger partial charge < -0.3 is 9.38 Å². The molecule has 0 spiro atoms. The van der Waals surface area contributed by atoms with E-state index in [2.05, 4.69) is 0 Å². The van der Waals surface area contributed by atoms with Gasteiger partial charge in [-0.1, -0.05) is 0 Å². The Balaban J connectivity index is 3.39. The van der Waals surface area contributed by atoms with Crippen LogP contribution in [0.15, 0.2) is 0 Å². The predicted octanol–water partition coefficient (Wildman–Crippen LogP) is 0.160. The SMILES string of the molecule is C[N+](C)(C)CC[PH](=O)O. The maximum Gasteiger partial charge on any atom is 0.194 e. The molecule has 56 valence electrons. The standard InChI is InChI=1S/C5H14NO2P/c1-6(2,3)4-5-9(7)8/h9H,4-5H2,1-3H3/p+1. The van der Waals surface area contributed by atoms with Crippen molar-refractivity contribution in [3.63, 3.8) is 0 Å². The molecule has 4 heteroatoms. The first-order valence-corrected chi connectivity index (χ1v) is 4.50. The molecule has 1 unspecified atom stereocenters. The Labute approximate surface area is 56.8 Å². The van der Waals surface area contributed by atoms with E-state index in [1.165, 1.54) is 0 Å². The molecule has 0 bridgehead atoms. The third-order valence-electron chi connectivity index (χ3n) is 0.996. The topological polar surface area (TPSA) is 37.3 Å². The molecule has 0 amide bonds. The predicted molar refractivity (Wildman–Crippen MR) is 39.0 cm³/mol. The lowest BCUT2D eigenvalue weighted by molar-refractivity contribution is -0.867. The highest BCUT2D eigenvalue weighted by atomic mass is 31.1. The van der Waals surface area contributed by atoms with Gasteiger partial charge in [-0.05, 0) is 0 Å². The summed E-state index contributed by atoms with van der Waals surface area (Å²) in [5, 5.41) is 0. The van der Waals surface area contributed by atoms with Gasteiger partial charge in [0.15, 0.2) is 8.03 Å². The zero-order valence-corrected chi connectivity index (χ0v) is 7.22. The van der Waals surface area contributed by atoms with Crippen LogP contribution in [0.3, 0.4) is 0 Å². The van der Waals surface area contributed by atoms with E-state index in [4.69, 9.17) is 4.89 Å². The van der Waals surface area contributed by atoms with Crippen molar-refractivity contribution in [3.8, 4) is 0 Å². The number of hydrogen-bond donors (Lipinski definition) is 1. The Morgan fingerprint density at radius 1 is 1.44 bits per heavy atom. The summed E-state index contributed by atoms with van der Waals surface area (Å²) in [5.41, 5.74) is 0. The maximum atomic E-state index is 10.2. The van der Waals surface area contributed by atoms with Gasteiger partial charge in [0.2, 0.25) is 0 Å². The van der Waals surface area contributed by atoms with Crippen LogP contribution in [0.2, 0.25) is 0 Å². The van der Waals surface area contributed by atoms with E-state index in [0.29, 0.717) is 6.16 Å². The van der Waals surface area contributed by atoms with Crippen LogP contribution in [0.4, 0.5) is 0 Å². The van der Waals surface area contributed by atoms with E-state index in [0.717, 1.165) is 11.0 Å².